The summed E-state index contributed by atoms with van der Waals surface area (Å²) in [6, 6.07) is 9.57. The lowest BCUT2D eigenvalue weighted by Crippen LogP contribution is -2.25. The molecular weight excluding hydrogens is 429 g/mol. The lowest BCUT2D eigenvalue weighted by molar-refractivity contribution is 0.0873. The van der Waals surface area contributed by atoms with Crippen LogP contribution in [0, 0.1) is 0 Å². The molecule has 0 spiro atoms. The number of nitrogens with zero attached hydrogens (tertiary/aromatic N) is 2. The zero-order valence-electron chi connectivity index (χ0n) is 17.0. The Bertz CT molecular complexity index is 1080. The summed E-state index contributed by atoms with van der Waals surface area (Å²) in [5.74, 6) is 0.833. The average molecular weight is 454 g/mol. The van der Waals surface area contributed by atoms with Gasteiger partial charge in [0.25, 0.3) is 0 Å². The molecule has 9 heteroatoms. The number of nitrogen functional groups attached to an aromatic ring is 1. The van der Waals surface area contributed by atoms with Crippen LogP contribution in [-0.2, 0) is 18.5 Å². The molecule has 0 saturated heterocycles. The van der Waals surface area contributed by atoms with Crippen molar-refractivity contribution in [1.82, 2.24) is 9.13 Å². The number of nitrogens with two attached hydrogens (primary N) is 1. The molecule has 3 rings (SSSR count). The van der Waals surface area contributed by atoms with Crippen molar-refractivity contribution in [2.75, 3.05) is 12.3 Å². The fraction of sp³-hybridized carbons (Fsp3) is 0.350. The van der Waals surface area contributed by atoms with Crippen molar-refractivity contribution < 1.29 is 9.47 Å². The molecule has 6 nitrogen and oxygen atoms in total. The van der Waals surface area contributed by atoms with Crippen molar-refractivity contribution in [3.8, 4) is 11.5 Å². The van der Waals surface area contributed by atoms with E-state index >= 15 is 0 Å². The smallest absolute Gasteiger partial charge is 0.330 e. The number of anilines is 1. The average Bonchev–Trinajstić information content (AvgIpc) is 2.85. The Morgan fingerprint density at radius 3 is 2.34 bits per heavy atom. The van der Waals surface area contributed by atoms with Crippen molar-refractivity contribution in [1.29, 1.82) is 0 Å². The predicted molar refractivity (Wildman–Crippen MR) is 122 cm³/mol. The van der Waals surface area contributed by atoms with E-state index in [-0.39, 0.29) is 12.4 Å². The van der Waals surface area contributed by atoms with Crippen LogP contribution in [0.25, 0.3) is 11.0 Å². The maximum atomic E-state index is 12.7. The Labute approximate surface area is 180 Å². The number of hydrogen-bond donors (Lipinski definition) is 1. The number of fused-ring (bicyclic) bond motifs is 1. The maximum Gasteiger partial charge on any atom is 0.330 e. The number of aromatic nitrogens is 2. The summed E-state index contributed by atoms with van der Waals surface area (Å²) in [6.45, 7) is 7.75. The zero-order valence-corrected chi connectivity index (χ0v) is 19.5. The van der Waals surface area contributed by atoms with Gasteiger partial charge in [-0.2, -0.15) is 0 Å². The number of halogens is 2. The minimum Gasteiger partial charge on any atom is -0.454 e. The maximum absolute atomic E-state index is 12.7. The van der Waals surface area contributed by atoms with E-state index in [1.807, 2.05) is 6.07 Å². The SMILES string of the molecule is Cn1c(=O)n(COCC[Si](C)(C)C)c2ccc(Oc3c(Cl)cc(N)cc3Cl)cc21. The van der Waals surface area contributed by atoms with Crippen LogP contribution in [-0.4, -0.2) is 23.8 Å². The van der Waals surface area contributed by atoms with Gasteiger partial charge in [-0.3, -0.25) is 9.13 Å². The summed E-state index contributed by atoms with van der Waals surface area (Å²) < 4.78 is 14.8. The van der Waals surface area contributed by atoms with Crippen LogP contribution in [0.4, 0.5) is 5.69 Å². The van der Waals surface area contributed by atoms with E-state index in [0.717, 1.165) is 17.1 Å². The third-order valence-electron chi connectivity index (χ3n) is 4.57. The molecule has 0 saturated carbocycles. The number of ether oxygens (including phenoxy) is 2. The molecule has 1 aromatic heterocycles. The van der Waals surface area contributed by atoms with Crippen molar-refractivity contribution in [2.45, 2.75) is 32.4 Å². The standard InChI is InChI=1S/C20H25Cl2N3O3Si/c1-24-18-11-14(28-19-15(21)9-13(23)10-16(19)22)5-6-17(18)25(20(24)26)12-27-7-8-29(2,3)4/h5-6,9-11H,7-8,12,23H2,1-4H3. The van der Waals surface area contributed by atoms with Gasteiger partial charge in [-0.05, 0) is 30.3 Å². The first-order valence-corrected chi connectivity index (χ1v) is 13.7. The molecule has 3 aromatic rings. The summed E-state index contributed by atoms with van der Waals surface area (Å²) in [5.41, 5.74) is 7.54. The molecule has 0 aliphatic heterocycles. The quantitative estimate of drug-likeness (QED) is 0.298. The Hall–Kier alpha value is -1.93. The van der Waals surface area contributed by atoms with Crippen LogP contribution in [0.5, 0.6) is 11.5 Å². The lowest BCUT2D eigenvalue weighted by Gasteiger charge is -2.15. The summed E-state index contributed by atoms with van der Waals surface area (Å²) in [4.78, 5) is 12.7. The van der Waals surface area contributed by atoms with E-state index in [4.69, 9.17) is 38.4 Å². The summed E-state index contributed by atoms with van der Waals surface area (Å²) in [5, 5.41) is 0.634. The van der Waals surface area contributed by atoms with Gasteiger partial charge < -0.3 is 15.2 Å². The Morgan fingerprint density at radius 2 is 1.72 bits per heavy atom. The molecule has 0 fully saturated rings. The van der Waals surface area contributed by atoms with Gasteiger partial charge in [0.1, 0.15) is 12.5 Å². The van der Waals surface area contributed by atoms with E-state index in [2.05, 4.69) is 19.6 Å². The number of imidazole rings is 1. The fourth-order valence-electron chi connectivity index (χ4n) is 2.90. The molecule has 0 aliphatic rings. The van der Waals surface area contributed by atoms with Crippen LogP contribution in [0.1, 0.15) is 0 Å². The van der Waals surface area contributed by atoms with E-state index < -0.39 is 8.07 Å². The third-order valence-corrected chi connectivity index (χ3v) is 6.84. The predicted octanol–water partition coefficient (Wildman–Crippen LogP) is 5.33. The molecule has 156 valence electrons. The minimum atomic E-state index is -1.18. The van der Waals surface area contributed by atoms with E-state index in [1.54, 1.807) is 40.4 Å². The van der Waals surface area contributed by atoms with Gasteiger partial charge in [-0.15, -0.1) is 0 Å². The summed E-state index contributed by atoms with van der Waals surface area (Å²) in [7, 11) is 0.540. The molecule has 2 N–H and O–H groups in total. The van der Waals surface area contributed by atoms with Crippen LogP contribution in [0.2, 0.25) is 35.7 Å². The molecule has 0 radical (unpaired) electrons. The van der Waals surface area contributed by atoms with Crippen LogP contribution in [0.15, 0.2) is 35.1 Å². The molecule has 0 amide bonds. The number of rotatable bonds is 7. The van der Waals surface area contributed by atoms with E-state index in [1.165, 1.54) is 0 Å². The van der Waals surface area contributed by atoms with Gasteiger partial charge in [0.2, 0.25) is 0 Å². The highest BCUT2D eigenvalue weighted by molar-refractivity contribution is 6.76. The van der Waals surface area contributed by atoms with E-state index in [0.29, 0.717) is 33.8 Å². The Balaban J connectivity index is 1.86. The van der Waals surface area contributed by atoms with Crippen molar-refractivity contribution in [2.24, 2.45) is 7.05 Å². The largest absolute Gasteiger partial charge is 0.454 e. The molecule has 0 unspecified atom stereocenters. The van der Waals surface area contributed by atoms with Gasteiger partial charge in [-0.25, -0.2) is 4.79 Å². The van der Waals surface area contributed by atoms with Gasteiger partial charge in [-0.1, -0.05) is 42.8 Å². The topological polar surface area (TPSA) is 71.4 Å². The molecule has 0 atom stereocenters. The monoisotopic (exact) mass is 453 g/mol. The first-order valence-electron chi connectivity index (χ1n) is 9.26. The first-order chi connectivity index (χ1) is 13.6. The number of hydrogen-bond acceptors (Lipinski definition) is 4. The number of aryl methyl sites for hydroxylation is 1. The second-order valence-electron chi connectivity index (χ2n) is 8.18. The van der Waals surface area contributed by atoms with Crippen molar-refractivity contribution in [3.05, 3.63) is 50.9 Å². The van der Waals surface area contributed by atoms with Gasteiger partial charge >= 0.3 is 5.69 Å². The van der Waals surface area contributed by atoms with E-state index in [9.17, 15) is 4.79 Å². The second kappa shape index (κ2) is 8.43. The molecule has 2 aromatic carbocycles. The lowest BCUT2D eigenvalue weighted by atomic mass is 10.2. The Kier molecular flexibility index (Phi) is 6.33. The fourth-order valence-corrected chi connectivity index (χ4v) is 4.24. The second-order valence-corrected chi connectivity index (χ2v) is 14.6. The van der Waals surface area contributed by atoms with Gasteiger partial charge in [0, 0.05) is 33.5 Å². The first kappa shape index (κ1) is 21.8. The van der Waals surface area contributed by atoms with Gasteiger partial charge in [0.15, 0.2) is 5.75 Å². The van der Waals surface area contributed by atoms with Crippen molar-refractivity contribution in [3.63, 3.8) is 0 Å². The Morgan fingerprint density at radius 1 is 1.07 bits per heavy atom. The highest BCUT2D eigenvalue weighted by atomic mass is 35.5. The van der Waals surface area contributed by atoms with Crippen LogP contribution >= 0.6 is 23.2 Å². The molecule has 29 heavy (non-hydrogen) atoms. The molecule has 0 bridgehead atoms. The minimum absolute atomic E-state index is 0.145. The third kappa shape index (κ3) is 4.98. The summed E-state index contributed by atoms with van der Waals surface area (Å²) in [6.07, 6.45) is 0. The molecular formula is C20H25Cl2N3O3Si. The molecule has 0 aliphatic carbocycles. The summed E-state index contributed by atoms with van der Waals surface area (Å²) >= 11 is 12.4. The van der Waals surface area contributed by atoms with Crippen LogP contribution in [0.3, 0.4) is 0 Å². The van der Waals surface area contributed by atoms with Gasteiger partial charge in [0.05, 0.1) is 21.1 Å². The molecule has 1 heterocycles. The normalized spacial score (nSPS) is 11.9. The highest BCUT2D eigenvalue weighted by Gasteiger charge is 2.16. The van der Waals surface area contributed by atoms with Crippen LogP contribution < -0.4 is 16.2 Å². The number of benzene rings is 2. The van der Waals surface area contributed by atoms with Crippen molar-refractivity contribution >= 4 is 48.0 Å². The zero-order chi connectivity index (χ0) is 21.3. The highest BCUT2D eigenvalue weighted by Crippen LogP contribution is 2.38.